The third kappa shape index (κ3) is 48.5. The molecule has 0 unspecified atom stereocenters. The molecule has 0 radical (unpaired) electrons. The maximum Gasteiger partial charge on any atom is 1.00 e. The fourth-order valence-corrected chi connectivity index (χ4v) is 0. The van der Waals surface area contributed by atoms with E-state index in [2.05, 4.69) is 23.2 Å². The standard InChI is InChI=1S/C2H5.Al.3ClH.K/c1-2;;;;;/h1H2,2H3;;3*1H;/q;+2;;;;+1/p-3. The Morgan fingerprint density at radius 2 is 1.14 bits per heavy atom. The Bertz CT molecular complexity index is 12.9. The van der Waals surface area contributed by atoms with Crippen molar-refractivity contribution in [3.63, 3.8) is 0 Å². The molecular formula is C2H5AlCl3K. The van der Waals surface area contributed by atoms with Gasteiger partial charge in [0.15, 0.2) is 0 Å². The van der Waals surface area contributed by atoms with Crippen LogP contribution in [0.1, 0.15) is 6.92 Å². The minimum atomic E-state index is 0. The zero-order valence-electron chi connectivity index (χ0n) is 4.42. The van der Waals surface area contributed by atoms with Crippen LogP contribution in [0.5, 0.6) is 0 Å². The summed E-state index contributed by atoms with van der Waals surface area (Å²) in [5.74, 6) is 0. The normalized spacial score (nSPS) is 2.71. The summed E-state index contributed by atoms with van der Waals surface area (Å²) in [7, 11) is 0. The Balaban J connectivity index is -0.00000000333. The molecule has 0 aromatic rings. The van der Waals surface area contributed by atoms with E-state index in [1.54, 1.807) is 0 Å². The summed E-state index contributed by atoms with van der Waals surface area (Å²) < 4.78 is 0. The molecule has 38 valence electrons. The first-order valence-electron chi connectivity index (χ1n) is 1.12. The van der Waals surface area contributed by atoms with Crippen molar-refractivity contribution in [2.24, 2.45) is 0 Å². The Kier molecular flexibility index (Phi) is 165. The first kappa shape index (κ1) is 32.3. The zero-order chi connectivity index (χ0) is 2.71. The van der Waals surface area contributed by atoms with Gasteiger partial charge in [-0.25, -0.2) is 0 Å². The summed E-state index contributed by atoms with van der Waals surface area (Å²) in [4.78, 5) is 0. The molecule has 0 rings (SSSR count). The number of halogens is 3. The average molecular weight is 202 g/mol. The van der Waals surface area contributed by atoms with E-state index in [0.717, 1.165) is 0 Å². The van der Waals surface area contributed by atoms with Crippen molar-refractivity contribution < 1.29 is 88.6 Å². The number of hydrogen-bond donors (Lipinski definition) is 0. The van der Waals surface area contributed by atoms with Gasteiger partial charge < -0.3 is 37.2 Å². The van der Waals surface area contributed by atoms with Crippen molar-refractivity contribution in [1.82, 2.24) is 0 Å². The van der Waals surface area contributed by atoms with E-state index >= 15 is 0 Å². The quantitative estimate of drug-likeness (QED) is 0.342. The second kappa shape index (κ2) is 35.8. The van der Waals surface area contributed by atoms with E-state index in [1.165, 1.54) is 5.28 Å². The Labute approximate surface area is 115 Å². The molecule has 0 N–H and O–H groups in total. The van der Waals surface area contributed by atoms with Crippen molar-refractivity contribution in [1.29, 1.82) is 0 Å². The van der Waals surface area contributed by atoms with Crippen LogP contribution >= 0.6 is 0 Å². The van der Waals surface area contributed by atoms with E-state index < -0.39 is 0 Å². The van der Waals surface area contributed by atoms with E-state index in [0.29, 0.717) is 0 Å². The molecule has 0 aromatic carbocycles. The minimum Gasteiger partial charge on any atom is -1.00 e. The van der Waals surface area contributed by atoms with Gasteiger partial charge in [-0.15, -0.1) is 0 Å². The molecule has 5 heteroatoms. The van der Waals surface area contributed by atoms with Crippen LogP contribution in [0.2, 0.25) is 5.28 Å². The van der Waals surface area contributed by atoms with Crippen LogP contribution < -0.4 is 88.6 Å². The second-order valence-corrected chi connectivity index (χ2v) is 1.22. The summed E-state index contributed by atoms with van der Waals surface area (Å²) in [5, 5.41) is 1.17. The van der Waals surface area contributed by atoms with Crippen molar-refractivity contribution in [3.8, 4) is 0 Å². The fraction of sp³-hybridized carbons (Fsp3) is 1.00. The third-order valence-electron chi connectivity index (χ3n) is 0. The minimum absolute atomic E-state index is 0. The van der Waals surface area contributed by atoms with Crippen LogP contribution in [0.4, 0.5) is 0 Å². The van der Waals surface area contributed by atoms with Crippen molar-refractivity contribution in [2.75, 3.05) is 0 Å². The third-order valence-corrected chi connectivity index (χ3v) is 0. The Morgan fingerprint density at radius 1 is 1.14 bits per heavy atom. The predicted molar refractivity (Wildman–Crippen MR) is 16.2 cm³/mol. The van der Waals surface area contributed by atoms with Gasteiger partial charge >= 0.3 is 79.9 Å². The van der Waals surface area contributed by atoms with Crippen molar-refractivity contribution in [3.05, 3.63) is 0 Å². The van der Waals surface area contributed by atoms with E-state index in [9.17, 15) is 0 Å². The molecule has 0 bridgehead atoms. The van der Waals surface area contributed by atoms with E-state index in [1.807, 2.05) is 0 Å². The molecule has 0 atom stereocenters. The number of hydrogen-bond acceptors (Lipinski definition) is 0. The van der Waals surface area contributed by atoms with Gasteiger partial charge in [-0.2, -0.15) is 0 Å². The molecular weight excluding hydrogens is 196 g/mol. The van der Waals surface area contributed by atoms with Gasteiger partial charge in [0, 0.05) is 0 Å². The van der Waals surface area contributed by atoms with E-state index in [4.69, 9.17) is 0 Å². The first-order chi connectivity index (χ1) is 1.41. The fourth-order valence-electron chi connectivity index (χ4n) is 0. The van der Waals surface area contributed by atoms with Crippen molar-refractivity contribution >= 4 is 16.3 Å². The van der Waals surface area contributed by atoms with Gasteiger partial charge in [-0.1, -0.05) is 0 Å². The molecule has 0 nitrogen and oxygen atoms in total. The van der Waals surface area contributed by atoms with Gasteiger partial charge in [-0.05, 0) is 0 Å². The van der Waals surface area contributed by atoms with Gasteiger partial charge in [0.05, 0.1) is 0 Å². The predicted octanol–water partition coefficient (Wildman–Crippen LogP) is -11.4. The van der Waals surface area contributed by atoms with Crippen LogP contribution in [0.25, 0.3) is 0 Å². The van der Waals surface area contributed by atoms with Crippen LogP contribution in [0.3, 0.4) is 0 Å². The zero-order valence-corrected chi connectivity index (χ0v) is 11.0. The van der Waals surface area contributed by atoms with Gasteiger partial charge in [0.2, 0.25) is 0 Å². The molecule has 0 aliphatic carbocycles. The molecule has 0 aromatic heterocycles. The summed E-state index contributed by atoms with van der Waals surface area (Å²) in [6.07, 6.45) is 0. The molecule has 0 saturated carbocycles. The maximum absolute atomic E-state index is 2.58. The summed E-state index contributed by atoms with van der Waals surface area (Å²) in [6, 6.07) is 0. The van der Waals surface area contributed by atoms with Crippen LogP contribution in [0, 0.1) is 0 Å². The molecule has 0 fully saturated rings. The monoisotopic (exact) mass is 200 g/mol. The Morgan fingerprint density at radius 3 is 1.14 bits per heavy atom. The Hall–Kier alpha value is 3.04. The van der Waals surface area contributed by atoms with Crippen LogP contribution in [-0.4, -0.2) is 16.3 Å². The topological polar surface area (TPSA) is 0 Å². The van der Waals surface area contributed by atoms with Gasteiger partial charge in [-0.3, -0.25) is 0 Å². The summed E-state index contributed by atoms with van der Waals surface area (Å²) >= 11 is 2.58. The molecule has 0 aliphatic rings. The molecule has 0 spiro atoms. The second-order valence-electron chi connectivity index (χ2n) is 0.408. The maximum atomic E-state index is 2.58. The molecule has 0 saturated heterocycles. The number of rotatable bonds is 0. The molecule has 7 heavy (non-hydrogen) atoms. The molecule has 0 amide bonds. The molecule has 0 heterocycles. The smallest absolute Gasteiger partial charge is 1.00 e. The molecule has 0 aliphatic heterocycles. The van der Waals surface area contributed by atoms with Crippen LogP contribution in [0.15, 0.2) is 0 Å². The van der Waals surface area contributed by atoms with Gasteiger partial charge in [0.25, 0.3) is 0 Å². The summed E-state index contributed by atoms with van der Waals surface area (Å²) in [5.41, 5.74) is 0. The van der Waals surface area contributed by atoms with Gasteiger partial charge in [0.1, 0.15) is 0 Å². The summed E-state index contributed by atoms with van der Waals surface area (Å²) in [6.45, 7) is 2.09. The van der Waals surface area contributed by atoms with E-state index in [-0.39, 0.29) is 88.6 Å². The average Bonchev–Trinajstić information content (AvgIpc) is 0.918. The first-order valence-corrected chi connectivity index (χ1v) is 1.93. The largest absolute Gasteiger partial charge is 1.00 e. The van der Waals surface area contributed by atoms with Crippen LogP contribution in [-0.2, 0) is 0 Å². The SMILES string of the molecule is C[CH2][Al+2].[Cl-].[Cl-].[Cl-].[K+]. The van der Waals surface area contributed by atoms with Crippen molar-refractivity contribution in [2.45, 2.75) is 12.2 Å².